The standard InChI is InChI=1S/C21H35N7O7/c22-21(23)25-10-2-5-14(19(33)28-11-3-6-15(28)20(34)35)27-18(32)13(7-8-16(29)30)26-17(31)12-4-1-9-24-12/h12-15,24H,1-11H2,(H,26,31)(H,27,32)(H,29,30)(H,34,35)(H4,22,23,25). The highest BCUT2D eigenvalue weighted by molar-refractivity contribution is 5.94. The lowest BCUT2D eigenvalue weighted by Crippen LogP contribution is -2.57. The topological polar surface area (TPSA) is 230 Å². The number of carbonyl (C=O) groups excluding carboxylic acids is 3. The molecular formula is C21H35N7O7. The molecule has 4 atom stereocenters. The number of nitrogens with one attached hydrogen (secondary N) is 3. The van der Waals surface area contributed by atoms with Crippen molar-refractivity contribution in [2.45, 2.75) is 75.5 Å². The first-order valence-electron chi connectivity index (χ1n) is 11.7. The second-order valence-corrected chi connectivity index (χ2v) is 8.68. The maximum Gasteiger partial charge on any atom is 0.326 e. The van der Waals surface area contributed by atoms with Crippen LogP contribution in [0.25, 0.3) is 0 Å². The van der Waals surface area contributed by atoms with Gasteiger partial charge in [-0.1, -0.05) is 0 Å². The fourth-order valence-corrected chi connectivity index (χ4v) is 4.24. The van der Waals surface area contributed by atoms with E-state index in [1.165, 1.54) is 4.90 Å². The number of nitrogens with two attached hydrogens (primary N) is 2. The van der Waals surface area contributed by atoms with Gasteiger partial charge in [-0.25, -0.2) is 4.79 Å². The van der Waals surface area contributed by atoms with E-state index >= 15 is 0 Å². The summed E-state index contributed by atoms with van der Waals surface area (Å²) < 4.78 is 0. The van der Waals surface area contributed by atoms with Gasteiger partial charge in [0.15, 0.2) is 5.96 Å². The molecule has 0 aliphatic carbocycles. The maximum atomic E-state index is 13.2. The monoisotopic (exact) mass is 497 g/mol. The van der Waals surface area contributed by atoms with Crippen LogP contribution in [0.15, 0.2) is 4.99 Å². The molecule has 2 rings (SSSR count). The number of hydrogen-bond donors (Lipinski definition) is 7. The third-order valence-corrected chi connectivity index (χ3v) is 6.04. The van der Waals surface area contributed by atoms with Crippen molar-refractivity contribution in [3.63, 3.8) is 0 Å². The van der Waals surface area contributed by atoms with E-state index in [1.54, 1.807) is 0 Å². The van der Waals surface area contributed by atoms with Crippen molar-refractivity contribution in [1.29, 1.82) is 0 Å². The molecule has 0 aromatic carbocycles. The Balaban J connectivity index is 2.15. The Bertz CT molecular complexity index is 825. The Labute approximate surface area is 202 Å². The zero-order chi connectivity index (χ0) is 26.0. The lowest BCUT2D eigenvalue weighted by Gasteiger charge is -2.29. The van der Waals surface area contributed by atoms with Gasteiger partial charge in [-0.15, -0.1) is 0 Å². The molecule has 35 heavy (non-hydrogen) atoms. The van der Waals surface area contributed by atoms with E-state index in [1.807, 2.05) is 0 Å². The van der Waals surface area contributed by atoms with E-state index in [0.29, 0.717) is 32.2 Å². The number of carbonyl (C=O) groups is 5. The molecule has 4 unspecified atom stereocenters. The number of nitrogens with zero attached hydrogens (tertiary/aromatic N) is 2. The average Bonchev–Trinajstić information content (AvgIpc) is 3.49. The van der Waals surface area contributed by atoms with Gasteiger partial charge in [-0.05, 0) is 51.5 Å². The number of aliphatic imine (C=N–C) groups is 1. The summed E-state index contributed by atoms with van der Waals surface area (Å²) >= 11 is 0. The first-order chi connectivity index (χ1) is 16.6. The molecule has 196 valence electrons. The molecular weight excluding hydrogens is 462 g/mol. The Hall–Kier alpha value is -3.42. The van der Waals surface area contributed by atoms with Gasteiger partial charge >= 0.3 is 11.9 Å². The Morgan fingerprint density at radius 3 is 2.37 bits per heavy atom. The number of amides is 3. The smallest absolute Gasteiger partial charge is 0.326 e. The number of likely N-dealkylation sites (tertiary alicyclic amines) is 1. The van der Waals surface area contributed by atoms with Crippen LogP contribution in [0.5, 0.6) is 0 Å². The van der Waals surface area contributed by atoms with Crippen molar-refractivity contribution < 1.29 is 34.2 Å². The lowest BCUT2D eigenvalue weighted by molar-refractivity contribution is -0.149. The molecule has 2 fully saturated rings. The summed E-state index contributed by atoms with van der Waals surface area (Å²) in [6, 6.07) is -3.74. The molecule has 2 saturated heterocycles. The molecule has 2 heterocycles. The number of hydrogen-bond acceptors (Lipinski definition) is 7. The largest absolute Gasteiger partial charge is 0.481 e. The zero-order valence-electron chi connectivity index (χ0n) is 19.6. The number of aliphatic carboxylic acids is 2. The minimum absolute atomic E-state index is 0.119. The van der Waals surface area contributed by atoms with E-state index < -0.39 is 53.8 Å². The summed E-state index contributed by atoms with van der Waals surface area (Å²) in [5, 5.41) is 26.7. The predicted octanol–water partition coefficient (Wildman–Crippen LogP) is -2.30. The summed E-state index contributed by atoms with van der Waals surface area (Å²) in [6.07, 6.45) is 2.12. The molecule has 0 aromatic rings. The van der Waals surface area contributed by atoms with Crippen LogP contribution in [-0.4, -0.2) is 94.5 Å². The summed E-state index contributed by atoms with van der Waals surface area (Å²) in [5.74, 6) is -4.09. The van der Waals surface area contributed by atoms with E-state index in [-0.39, 0.29) is 38.3 Å². The van der Waals surface area contributed by atoms with E-state index in [9.17, 15) is 29.1 Å². The second-order valence-electron chi connectivity index (χ2n) is 8.68. The molecule has 0 bridgehead atoms. The average molecular weight is 498 g/mol. The van der Waals surface area contributed by atoms with Gasteiger partial charge in [0.2, 0.25) is 17.7 Å². The summed E-state index contributed by atoms with van der Waals surface area (Å²) in [7, 11) is 0. The Kier molecular flexibility index (Phi) is 10.7. The van der Waals surface area contributed by atoms with Crippen LogP contribution in [-0.2, 0) is 24.0 Å². The molecule has 14 nitrogen and oxygen atoms in total. The normalized spacial score (nSPS) is 21.1. The van der Waals surface area contributed by atoms with Crippen molar-refractivity contribution >= 4 is 35.6 Å². The summed E-state index contributed by atoms with van der Waals surface area (Å²) in [5.41, 5.74) is 10.6. The quantitative estimate of drug-likeness (QED) is 0.0817. The molecule has 0 radical (unpaired) electrons. The van der Waals surface area contributed by atoms with Crippen LogP contribution in [0.3, 0.4) is 0 Å². The van der Waals surface area contributed by atoms with Crippen LogP contribution in [0.1, 0.15) is 51.4 Å². The number of rotatable bonds is 13. The molecule has 3 amide bonds. The van der Waals surface area contributed by atoms with Gasteiger partial charge in [0, 0.05) is 19.5 Å². The van der Waals surface area contributed by atoms with Crippen LogP contribution in [0, 0.1) is 0 Å². The van der Waals surface area contributed by atoms with Crippen molar-refractivity contribution in [2.24, 2.45) is 16.5 Å². The van der Waals surface area contributed by atoms with E-state index in [4.69, 9.17) is 16.6 Å². The SMILES string of the molecule is NC(N)=NCCCC(NC(=O)C(CCC(=O)O)NC(=O)C1CCCN1)C(=O)N1CCCC1C(=O)O. The second kappa shape index (κ2) is 13.5. The van der Waals surface area contributed by atoms with Gasteiger partial charge in [-0.3, -0.25) is 24.2 Å². The Morgan fingerprint density at radius 2 is 1.77 bits per heavy atom. The molecule has 0 aromatic heterocycles. The molecule has 2 aliphatic heterocycles. The number of guanidine groups is 1. The lowest BCUT2D eigenvalue weighted by atomic mass is 10.1. The minimum Gasteiger partial charge on any atom is -0.481 e. The Morgan fingerprint density at radius 1 is 1.03 bits per heavy atom. The molecule has 0 saturated carbocycles. The predicted molar refractivity (Wildman–Crippen MR) is 124 cm³/mol. The maximum absolute atomic E-state index is 13.2. The van der Waals surface area contributed by atoms with Gasteiger partial charge < -0.3 is 42.5 Å². The fourth-order valence-electron chi connectivity index (χ4n) is 4.24. The van der Waals surface area contributed by atoms with Crippen LogP contribution < -0.4 is 27.4 Å². The summed E-state index contributed by atoms with van der Waals surface area (Å²) in [4.78, 5) is 66.6. The third kappa shape index (κ3) is 8.70. The summed E-state index contributed by atoms with van der Waals surface area (Å²) in [6.45, 7) is 1.09. The molecule has 0 spiro atoms. The molecule has 2 aliphatic rings. The first-order valence-corrected chi connectivity index (χ1v) is 11.7. The van der Waals surface area contributed by atoms with Crippen LogP contribution in [0.2, 0.25) is 0 Å². The highest BCUT2D eigenvalue weighted by Crippen LogP contribution is 2.20. The van der Waals surface area contributed by atoms with Gasteiger partial charge in [-0.2, -0.15) is 0 Å². The van der Waals surface area contributed by atoms with Gasteiger partial charge in [0.05, 0.1) is 6.04 Å². The minimum atomic E-state index is -1.18. The highest BCUT2D eigenvalue weighted by atomic mass is 16.4. The van der Waals surface area contributed by atoms with Crippen molar-refractivity contribution in [3.8, 4) is 0 Å². The number of carboxylic acid groups (broad SMARTS) is 2. The van der Waals surface area contributed by atoms with Crippen molar-refractivity contribution in [1.82, 2.24) is 20.9 Å². The first kappa shape index (κ1) is 27.8. The highest BCUT2D eigenvalue weighted by Gasteiger charge is 2.38. The third-order valence-electron chi connectivity index (χ3n) is 6.04. The molecule has 14 heteroatoms. The van der Waals surface area contributed by atoms with E-state index in [0.717, 1.165) is 6.42 Å². The van der Waals surface area contributed by atoms with Crippen LogP contribution in [0.4, 0.5) is 0 Å². The number of carboxylic acids is 2. The molecule has 9 N–H and O–H groups in total. The van der Waals surface area contributed by atoms with Gasteiger partial charge in [0.1, 0.15) is 18.1 Å². The van der Waals surface area contributed by atoms with Crippen LogP contribution >= 0.6 is 0 Å². The zero-order valence-corrected chi connectivity index (χ0v) is 19.6. The van der Waals surface area contributed by atoms with Crippen molar-refractivity contribution in [3.05, 3.63) is 0 Å². The van der Waals surface area contributed by atoms with E-state index in [2.05, 4.69) is 20.9 Å². The fraction of sp³-hybridized carbons (Fsp3) is 0.714. The van der Waals surface area contributed by atoms with Gasteiger partial charge in [0.25, 0.3) is 0 Å². The van der Waals surface area contributed by atoms with Crippen molar-refractivity contribution in [2.75, 3.05) is 19.6 Å².